The molecular weight excluding hydrogens is 238 g/mol. The molecule has 0 saturated carbocycles. The van der Waals surface area contributed by atoms with Gasteiger partial charge in [0.2, 0.25) is 0 Å². The summed E-state index contributed by atoms with van der Waals surface area (Å²) >= 11 is 0. The molecule has 1 aromatic heterocycles. The Labute approximate surface area is 113 Å². The minimum atomic E-state index is 0.319. The van der Waals surface area contributed by atoms with E-state index in [0.29, 0.717) is 6.04 Å². The number of methoxy groups -OCH3 is 1. The van der Waals surface area contributed by atoms with Crippen LogP contribution >= 0.6 is 0 Å². The summed E-state index contributed by atoms with van der Waals surface area (Å²) in [5.41, 5.74) is 2.76. The summed E-state index contributed by atoms with van der Waals surface area (Å²) in [5, 5.41) is 3.58. The van der Waals surface area contributed by atoms with Crippen molar-refractivity contribution < 1.29 is 4.74 Å². The van der Waals surface area contributed by atoms with E-state index in [1.807, 2.05) is 25.5 Å². The van der Waals surface area contributed by atoms with Crippen LogP contribution in [0.5, 0.6) is 5.75 Å². The lowest BCUT2D eigenvalue weighted by Crippen LogP contribution is -2.31. The summed E-state index contributed by atoms with van der Waals surface area (Å²) in [5.74, 6) is 2.03. The van der Waals surface area contributed by atoms with Crippen molar-refractivity contribution in [3.63, 3.8) is 0 Å². The molecule has 4 heteroatoms. The van der Waals surface area contributed by atoms with Gasteiger partial charge >= 0.3 is 0 Å². The van der Waals surface area contributed by atoms with Crippen molar-refractivity contribution in [2.45, 2.75) is 18.9 Å². The quantitative estimate of drug-likeness (QED) is 0.912. The maximum atomic E-state index is 5.34. The molecule has 100 valence electrons. The van der Waals surface area contributed by atoms with Gasteiger partial charge in [0, 0.05) is 31.9 Å². The zero-order chi connectivity index (χ0) is 13.2. The first-order chi connectivity index (χ1) is 9.28. The minimum absolute atomic E-state index is 0.319. The average molecular weight is 257 g/mol. The smallest absolute Gasteiger partial charge is 0.119 e. The topological polar surface area (TPSA) is 39.1 Å². The normalized spacial score (nSPS) is 18.1. The molecule has 0 spiro atoms. The fourth-order valence-corrected chi connectivity index (χ4v) is 2.70. The van der Waals surface area contributed by atoms with Gasteiger partial charge in [-0.3, -0.25) is 0 Å². The summed E-state index contributed by atoms with van der Waals surface area (Å²) in [6, 6.07) is 6.69. The second-order valence-corrected chi connectivity index (χ2v) is 4.98. The van der Waals surface area contributed by atoms with E-state index in [-0.39, 0.29) is 0 Å². The van der Waals surface area contributed by atoms with Gasteiger partial charge in [0.15, 0.2) is 0 Å². The highest BCUT2D eigenvalue weighted by atomic mass is 16.5. The molecule has 1 aliphatic heterocycles. The second-order valence-electron chi connectivity index (χ2n) is 4.98. The molecule has 0 fully saturated rings. The van der Waals surface area contributed by atoms with Crippen LogP contribution in [0, 0.1) is 0 Å². The van der Waals surface area contributed by atoms with Crippen LogP contribution in [-0.2, 0) is 19.9 Å². The number of hydrogen-bond donors (Lipinski definition) is 1. The van der Waals surface area contributed by atoms with Crippen LogP contribution < -0.4 is 10.1 Å². The first kappa shape index (κ1) is 12.2. The molecule has 1 aromatic carbocycles. The molecule has 0 saturated heterocycles. The molecule has 1 aliphatic rings. The van der Waals surface area contributed by atoms with Crippen molar-refractivity contribution in [2.24, 2.45) is 7.05 Å². The Morgan fingerprint density at radius 1 is 1.47 bits per heavy atom. The van der Waals surface area contributed by atoms with E-state index in [1.54, 1.807) is 7.11 Å². The first-order valence-corrected chi connectivity index (χ1v) is 6.64. The van der Waals surface area contributed by atoms with Gasteiger partial charge in [-0.2, -0.15) is 0 Å². The number of ether oxygens (including phenoxy) is 1. The summed E-state index contributed by atoms with van der Waals surface area (Å²) in [4.78, 5) is 4.42. The number of aryl methyl sites for hydroxylation is 1. The monoisotopic (exact) mass is 257 g/mol. The number of benzene rings is 1. The Morgan fingerprint density at radius 3 is 3.11 bits per heavy atom. The Hall–Kier alpha value is -1.81. The maximum Gasteiger partial charge on any atom is 0.119 e. The van der Waals surface area contributed by atoms with Gasteiger partial charge in [0.1, 0.15) is 11.6 Å². The van der Waals surface area contributed by atoms with E-state index < -0.39 is 0 Å². The number of rotatable bonds is 3. The highest BCUT2D eigenvalue weighted by Crippen LogP contribution is 2.28. The van der Waals surface area contributed by atoms with E-state index in [1.165, 1.54) is 11.1 Å². The highest BCUT2D eigenvalue weighted by molar-refractivity contribution is 5.39. The lowest BCUT2D eigenvalue weighted by atomic mass is 9.92. The van der Waals surface area contributed by atoms with E-state index in [2.05, 4.69) is 27.0 Å². The molecule has 1 unspecified atom stereocenters. The molecule has 1 atom stereocenters. The van der Waals surface area contributed by atoms with Gasteiger partial charge in [-0.15, -0.1) is 0 Å². The molecule has 3 rings (SSSR count). The Bertz CT molecular complexity index is 577. The van der Waals surface area contributed by atoms with Crippen LogP contribution in [0.25, 0.3) is 0 Å². The fraction of sp³-hybridized carbons (Fsp3) is 0.400. The zero-order valence-electron chi connectivity index (χ0n) is 11.4. The molecule has 0 aliphatic carbocycles. The summed E-state index contributed by atoms with van der Waals surface area (Å²) in [6.07, 6.45) is 5.83. The van der Waals surface area contributed by atoms with Crippen LogP contribution in [0.1, 0.15) is 23.0 Å². The van der Waals surface area contributed by atoms with Gasteiger partial charge in [0.25, 0.3) is 0 Å². The van der Waals surface area contributed by atoms with Crippen molar-refractivity contribution in [3.8, 4) is 5.75 Å². The van der Waals surface area contributed by atoms with Gasteiger partial charge in [-0.05, 0) is 36.2 Å². The molecule has 0 radical (unpaired) electrons. The minimum Gasteiger partial charge on any atom is -0.497 e. The molecule has 19 heavy (non-hydrogen) atoms. The van der Waals surface area contributed by atoms with Crippen LogP contribution in [-0.4, -0.2) is 23.2 Å². The Morgan fingerprint density at radius 2 is 2.37 bits per heavy atom. The van der Waals surface area contributed by atoms with E-state index >= 15 is 0 Å². The third-order valence-electron chi connectivity index (χ3n) is 3.82. The molecule has 0 amide bonds. The van der Waals surface area contributed by atoms with Gasteiger partial charge in [0.05, 0.1) is 7.11 Å². The Kier molecular flexibility index (Phi) is 3.25. The molecule has 2 heterocycles. The number of nitrogens with zero attached hydrogens (tertiary/aromatic N) is 2. The Balaban J connectivity index is 1.91. The van der Waals surface area contributed by atoms with Gasteiger partial charge < -0.3 is 14.6 Å². The summed E-state index contributed by atoms with van der Waals surface area (Å²) in [6.45, 7) is 1.02. The third kappa shape index (κ3) is 2.36. The number of hydrogen-bond acceptors (Lipinski definition) is 3. The lowest BCUT2D eigenvalue weighted by molar-refractivity contribution is 0.410. The molecule has 2 aromatic rings. The first-order valence-electron chi connectivity index (χ1n) is 6.64. The van der Waals surface area contributed by atoms with Crippen molar-refractivity contribution >= 4 is 0 Å². The maximum absolute atomic E-state index is 5.34. The molecular formula is C15H19N3O. The lowest BCUT2D eigenvalue weighted by Gasteiger charge is -2.27. The third-order valence-corrected chi connectivity index (χ3v) is 3.82. The number of aromatic nitrogens is 2. The van der Waals surface area contributed by atoms with Crippen LogP contribution in [0.3, 0.4) is 0 Å². The van der Waals surface area contributed by atoms with Crippen LogP contribution in [0.15, 0.2) is 30.6 Å². The highest BCUT2D eigenvalue weighted by Gasteiger charge is 2.21. The molecule has 0 bridgehead atoms. The largest absolute Gasteiger partial charge is 0.497 e. The van der Waals surface area contributed by atoms with Crippen molar-refractivity contribution in [1.82, 2.24) is 14.9 Å². The zero-order valence-corrected chi connectivity index (χ0v) is 11.4. The van der Waals surface area contributed by atoms with Crippen LogP contribution in [0.2, 0.25) is 0 Å². The predicted octanol–water partition coefficient (Wildman–Crippen LogP) is 1.86. The second kappa shape index (κ2) is 5.05. The SMILES string of the molecule is COc1ccc2c(c1)C(Cc1nccn1C)NCC2. The van der Waals surface area contributed by atoms with E-state index in [0.717, 1.165) is 31.0 Å². The number of nitrogens with one attached hydrogen (secondary N) is 1. The van der Waals surface area contributed by atoms with Crippen molar-refractivity contribution in [1.29, 1.82) is 0 Å². The fourth-order valence-electron chi connectivity index (χ4n) is 2.70. The van der Waals surface area contributed by atoms with Crippen molar-refractivity contribution in [3.05, 3.63) is 47.5 Å². The van der Waals surface area contributed by atoms with E-state index in [4.69, 9.17) is 4.74 Å². The molecule has 4 nitrogen and oxygen atoms in total. The van der Waals surface area contributed by atoms with Crippen molar-refractivity contribution in [2.75, 3.05) is 13.7 Å². The van der Waals surface area contributed by atoms with Gasteiger partial charge in [-0.1, -0.05) is 6.07 Å². The van der Waals surface area contributed by atoms with Crippen LogP contribution in [0.4, 0.5) is 0 Å². The van der Waals surface area contributed by atoms with E-state index in [9.17, 15) is 0 Å². The predicted molar refractivity (Wildman–Crippen MR) is 74.4 cm³/mol. The average Bonchev–Trinajstić information content (AvgIpc) is 2.84. The number of imidazole rings is 1. The number of fused-ring (bicyclic) bond motifs is 1. The molecule has 1 N–H and O–H groups in total. The summed E-state index contributed by atoms with van der Waals surface area (Å²) in [7, 11) is 3.75. The summed E-state index contributed by atoms with van der Waals surface area (Å²) < 4.78 is 7.42. The standard InChI is InChI=1S/C15H19N3O/c1-18-8-7-17-15(18)10-14-13-9-12(19-2)4-3-11(13)5-6-16-14/h3-4,7-9,14,16H,5-6,10H2,1-2H3. The van der Waals surface area contributed by atoms with Gasteiger partial charge in [-0.25, -0.2) is 4.98 Å².